The van der Waals surface area contributed by atoms with Gasteiger partial charge in [-0.2, -0.15) is 13.2 Å². The maximum absolute atomic E-state index is 12.3. The Hall–Kier alpha value is -0.330. The predicted octanol–water partition coefficient (Wildman–Crippen LogP) is 2.19. The lowest BCUT2D eigenvalue weighted by Gasteiger charge is -2.34. The number of nitrogens with zero attached hydrogens (tertiary/aromatic N) is 3. The van der Waals surface area contributed by atoms with Gasteiger partial charge in [-0.25, -0.2) is 0 Å². The van der Waals surface area contributed by atoms with Crippen molar-refractivity contribution in [1.82, 2.24) is 15.1 Å². The number of rotatable bonds is 9. The number of likely N-dealkylation sites (tertiary alicyclic amines) is 1. The average Bonchev–Trinajstić information content (AvgIpc) is 2.55. The zero-order chi connectivity index (χ0) is 18.7. The van der Waals surface area contributed by atoms with E-state index in [-0.39, 0.29) is 30.1 Å². The maximum Gasteiger partial charge on any atom is 0.401 e. The van der Waals surface area contributed by atoms with E-state index in [0.29, 0.717) is 26.3 Å². The number of ether oxygens (including phenoxy) is 2. The topological polar surface area (TPSA) is 49.3 Å². The Morgan fingerprint density at radius 3 is 2.46 bits per heavy atom. The van der Waals surface area contributed by atoms with Gasteiger partial charge in [-0.05, 0) is 26.3 Å². The van der Waals surface area contributed by atoms with Crippen LogP contribution in [0.25, 0.3) is 0 Å². The Kier molecular flexibility index (Phi) is 13.6. The van der Waals surface area contributed by atoms with Crippen molar-refractivity contribution in [1.29, 1.82) is 0 Å². The molecule has 1 heterocycles. The van der Waals surface area contributed by atoms with Crippen LogP contribution in [0.3, 0.4) is 0 Å². The molecule has 1 saturated heterocycles. The highest BCUT2D eigenvalue weighted by Gasteiger charge is 2.29. The third-order valence-electron chi connectivity index (χ3n) is 4.03. The Morgan fingerprint density at radius 2 is 1.92 bits per heavy atom. The first kappa shape index (κ1) is 25.7. The van der Waals surface area contributed by atoms with Crippen LogP contribution < -0.4 is 5.32 Å². The molecular formula is C16H32F3IN4O2. The van der Waals surface area contributed by atoms with Gasteiger partial charge in [-0.3, -0.25) is 9.89 Å². The first-order valence-electron chi connectivity index (χ1n) is 8.67. The molecule has 0 saturated carbocycles. The van der Waals surface area contributed by atoms with Crippen molar-refractivity contribution in [3.63, 3.8) is 0 Å². The molecule has 6 nitrogen and oxygen atoms in total. The van der Waals surface area contributed by atoms with E-state index in [1.54, 1.807) is 14.2 Å². The van der Waals surface area contributed by atoms with Crippen LogP contribution >= 0.6 is 24.0 Å². The molecular weight excluding hydrogens is 464 g/mol. The van der Waals surface area contributed by atoms with Crippen LogP contribution in [0.2, 0.25) is 0 Å². The zero-order valence-corrected chi connectivity index (χ0v) is 18.2. The van der Waals surface area contributed by atoms with Crippen molar-refractivity contribution in [2.24, 2.45) is 4.99 Å². The first-order valence-corrected chi connectivity index (χ1v) is 8.67. The monoisotopic (exact) mass is 496 g/mol. The quantitative estimate of drug-likeness (QED) is 0.230. The molecule has 0 bridgehead atoms. The van der Waals surface area contributed by atoms with E-state index in [2.05, 4.69) is 15.2 Å². The van der Waals surface area contributed by atoms with Crippen molar-refractivity contribution >= 4 is 29.9 Å². The molecule has 1 fully saturated rings. The van der Waals surface area contributed by atoms with Gasteiger partial charge >= 0.3 is 6.18 Å². The molecule has 26 heavy (non-hydrogen) atoms. The van der Waals surface area contributed by atoms with Crippen LogP contribution in [0.1, 0.15) is 19.3 Å². The minimum absolute atomic E-state index is 0. The SMILES string of the molecule is CN=C(NCCN(C)CC(F)(F)F)N1CCC(OCCCOC)CC1.I. The highest BCUT2D eigenvalue weighted by Crippen LogP contribution is 2.15. The number of guanidine groups is 1. The summed E-state index contributed by atoms with van der Waals surface area (Å²) in [6.07, 6.45) is -1.18. The molecule has 0 atom stereocenters. The number of piperidine rings is 1. The number of alkyl halides is 3. The highest BCUT2D eigenvalue weighted by atomic mass is 127. The van der Waals surface area contributed by atoms with Crippen LogP contribution in [-0.2, 0) is 9.47 Å². The second-order valence-corrected chi connectivity index (χ2v) is 6.23. The van der Waals surface area contributed by atoms with E-state index >= 15 is 0 Å². The second-order valence-electron chi connectivity index (χ2n) is 6.23. The number of aliphatic imine (C=N–C) groups is 1. The fraction of sp³-hybridized carbons (Fsp3) is 0.938. The van der Waals surface area contributed by atoms with Crippen LogP contribution in [0.4, 0.5) is 13.2 Å². The van der Waals surface area contributed by atoms with Gasteiger partial charge in [0.05, 0.1) is 12.6 Å². The van der Waals surface area contributed by atoms with Crippen molar-refractivity contribution in [3.05, 3.63) is 0 Å². The third-order valence-corrected chi connectivity index (χ3v) is 4.03. The van der Waals surface area contributed by atoms with Crippen molar-refractivity contribution in [2.75, 3.05) is 67.1 Å². The second kappa shape index (κ2) is 13.8. The van der Waals surface area contributed by atoms with Gasteiger partial charge in [0.25, 0.3) is 0 Å². The van der Waals surface area contributed by atoms with Gasteiger partial charge in [-0.1, -0.05) is 0 Å². The van der Waals surface area contributed by atoms with E-state index in [1.165, 1.54) is 11.9 Å². The Bertz CT molecular complexity index is 392. The minimum atomic E-state index is -4.17. The summed E-state index contributed by atoms with van der Waals surface area (Å²) in [4.78, 5) is 7.60. The van der Waals surface area contributed by atoms with E-state index in [9.17, 15) is 13.2 Å². The molecule has 0 aromatic rings. The molecule has 0 aliphatic carbocycles. The molecule has 1 aliphatic heterocycles. The van der Waals surface area contributed by atoms with E-state index in [4.69, 9.17) is 9.47 Å². The third kappa shape index (κ3) is 11.4. The number of likely N-dealkylation sites (N-methyl/N-ethyl adjacent to an activating group) is 1. The standard InChI is InChI=1S/C16H31F3N4O2.HI/c1-20-15(21-7-10-22(2)13-16(17,18)19)23-8-5-14(6-9-23)25-12-4-11-24-3;/h14H,4-13H2,1-3H3,(H,20,21);1H. The van der Waals surface area contributed by atoms with Gasteiger partial charge in [-0.15, -0.1) is 24.0 Å². The summed E-state index contributed by atoms with van der Waals surface area (Å²) in [7, 11) is 4.83. The molecule has 10 heteroatoms. The largest absolute Gasteiger partial charge is 0.401 e. The van der Waals surface area contributed by atoms with Gasteiger partial charge < -0.3 is 19.7 Å². The Labute approximate surface area is 171 Å². The summed E-state index contributed by atoms with van der Waals surface area (Å²) in [6, 6.07) is 0. The normalized spacial score (nSPS) is 16.7. The lowest BCUT2D eigenvalue weighted by molar-refractivity contribution is -0.142. The average molecular weight is 496 g/mol. The van der Waals surface area contributed by atoms with Crippen LogP contribution in [0.15, 0.2) is 4.99 Å². The summed E-state index contributed by atoms with van der Waals surface area (Å²) in [6.45, 7) is 2.89. The number of halogens is 4. The molecule has 0 unspecified atom stereocenters. The van der Waals surface area contributed by atoms with Crippen LogP contribution in [0, 0.1) is 0 Å². The molecule has 1 rings (SSSR count). The van der Waals surface area contributed by atoms with Gasteiger partial charge in [0.1, 0.15) is 0 Å². The van der Waals surface area contributed by atoms with E-state index < -0.39 is 12.7 Å². The molecule has 0 amide bonds. The maximum atomic E-state index is 12.3. The Balaban J connectivity index is 0.00000625. The lowest BCUT2D eigenvalue weighted by Crippen LogP contribution is -2.48. The van der Waals surface area contributed by atoms with Crippen molar-refractivity contribution in [3.8, 4) is 0 Å². The number of methoxy groups -OCH3 is 1. The molecule has 1 aliphatic rings. The number of nitrogens with one attached hydrogen (secondary N) is 1. The summed E-state index contributed by atoms with van der Waals surface area (Å²) < 4.78 is 47.7. The highest BCUT2D eigenvalue weighted by molar-refractivity contribution is 14.0. The van der Waals surface area contributed by atoms with Crippen LogP contribution in [-0.4, -0.2) is 95.2 Å². The molecule has 0 radical (unpaired) electrons. The van der Waals surface area contributed by atoms with Crippen molar-refractivity contribution in [2.45, 2.75) is 31.5 Å². The van der Waals surface area contributed by atoms with Gasteiger partial charge in [0.15, 0.2) is 5.96 Å². The molecule has 0 spiro atoms. The van der Waals surface area contributed by atoms with Gasteiger partial charge in [0, 0.05) is 53.6 Å². The zero-order valence-electron chi connectivity index (χ0n) is 15.8. The minimum Gasteiger partial charge on any atom is -0.385 e. The smallest absolute Gasteiger partial charge is 0.385 e. The molecule has 0 aromatic heterocycles. The number of hydrogen-bond acceptors (Lipinski definition) is 4. The summed E-state index contributed by atoms with van der Waals surface area (Å²) in [5.41, 5.74) is 0. The summed E-state index contributed by atoms with van der Waals surface area (Å²) in [5.74, 6) is 0.734. The Morgan fingerprint density at radius 1 is 1.27 bits per heavy atom. The molecule has 0 aromatic carbocycles. The van der Waals surface area contributed by atoms with E-state index in [0.717, 1.165) is 38.3 Å². The lowest BCUT2D eigenvalue weighted by atomic mass is 10.1. The number of hydrogen-bond donors (Lipinski definition) is 1. The molecule has 156 valence electrons. The summed E-state index contributed by atoms with van der Waals surface area (Å²) in [5, 5.41) is 3.14. The van der Waals surface area contributed by atoms with Gasteiger partial charge in [0.2, 0.25) is 0 Å². The fourth-order valence-corrected chi connectivity index (χ4v) is 2.76. The van der Waals surface area contributed by atoms with E-state index in [1.807, 2.05) is 0 Å². The fourth-order valence-electron chi connectivity index (χ4n) is 2.76. The molecule has 1 N–H and O–H groups in total. The van der Waals surface area contributed by atoms with Crippen LogP contribution in [0.5, 0.6) is 0 Å². The first-order chi connectivity index (χ1) is 11.9. The predicted molar refractivity (Wildman–Crippen MR) is 107 cm³/mol. The summed E-state index contributed by atoms with van der Waals surface area (Å²) >= 11 is 0. The van der Waals surface area contributed by atoms with Crippen molar-refractivity contribution < 1.29 is 22.6 Å².